The molecule has 0 aliphatic carbocycles. The Kier molecular flexibility index (Phi) is 6.10. The summed E-state index contributed by atoms with van der Waals surface area (Å²) in [5.41, 5.74) is 4.54. The number of hydrogen-bond acceptors (Lipinski definition) is 6. The Hall–Kier alpha value is -2.84. The highest BCUT2D eigenvalue weighted by atomic mass is 32.2. The SMILES string of the molecule is O=C(O)CCOc1cccc(/C=C2/SC(=S)N(Nc3ccccc3)C2=O)c1. The maximum Gasteiger partial charge on any atom is 0.306 e. The van der Waals surface area contributed by atoms with Gasteiger partial charge in [0.1, 0.15) is 5.75 Å². The highest BCUT2D eigenvalue weighted by Crippen LogP contribution is 2.33. The summed E-state index contributed by atoms with van der Waals surface area (Å²) in [5.74, 6) is -0.602. The molecule has 0 aromatic heterocycles. The minimum Gasteiger partial charge on any atom is -0.493 e. The average molecular weight is 400 g/mol. The molecule has 0 bridgehead atoms. The van der Waals surface area contributed by atoms with Crippen molar-refractivity contribution in [2.45, 2.75) is 6.42 Å². The van der Waals surface area contributed by atoms with E-state index >= 15 is 0 Å². The van der Waals surface area contributed by atoms with E-state index in [1.807, 2.05) is 36.4 Å². The van der Waals surface area contributed by atoms with E-state index in [0.29, 0.717) is 15.0 Å². The van der Waals surface area contributed by atoms with Crippen LogP contribution in [0.1, 0.15) is 12.0 Å². The lowest BCUT2D eigenvalue weighted by Crippen LogP contribution is -2.33. The molecule has 0 unspecified atom stereocenters. The van der Waals surface area contributed by atoms with Crippen LogP contribution in [0.2, 0.25) is 0 Å². The quantitative estimate of drug-likeness (QED) is 0.541. The third-order valence-corrected chi connectivity index (χ3v) is 4.85. The van der Waals surface area contributed by atoms with Crippen LogP contribution in [0.25, 0.3) is 6.08 Å². The van der Waals surface area contributed by atoms with E-state index in [9.17, 15) is 9.59 Å². The molecule has 0 spiro atoms. The van der Waals surface area contributed by atoms with Crippen molar-refractivity contribution in [2.24, 2.45) is 0 Å². The number of rotatable bonds is 7. The smallest absolute Gasteiger partial charge is 0.306 e. The summed E-state index contributed by atoms with van der Waals surface area (Å²) in [6.45, 7) is 0.0852. The largest absolute Gasteiger partial charge is 0.493 e. The summed E-state index contributed by atoms with van der Waals surface area (Å²) in [6, 6.07) is 16.4. The Morgan fingerprint density at radius 2 is 2.00 bits per heavy atom. The molecule has 27 heavy (non-hydrogen) atoms. The van der Waals surface area contributed by atoms with E-state index in [0.717, 1.165) is 11.3 Å². The number of hydrazine groups is 1. The molecule has 1 heterocycles. The molecule has 2 aromatic rings. The van der Waals surface area contributed by atoms with E-state index in [1.165, 1.54) is 16.8 Å². The van der Waals surface area contributed by atoms with Gasteiger partial charge in [0.2, 0.25) is 0 Å². The van der Waals surface area contributed by atoms with E-state index in [2.05, 4.69) is 5.43 Å². The second-order valence-corrected chi connectivity index (χ2v) is 7.24. The van der Waals surface area contributed by atoms with E-state index in [-0.39, 0.29) is 18.9 Å². The van der Waals surface area contributed by atoms with Crippen LogP contribution in [0.5, 0.6) is 5.75 Å². The lowest BCUT2D eigenvalue weighted by atomic mass is 10.2. The van der Waals surface area contributed by atoms with Crippen molar-refractivity contribution in [3.8, 4) is 5.75 Å². The predicted octanol–water partition coefficient (Wildman–Crippen LogP) is 3.77. The highest BCUT2D eigenvalue weighted by Gasteiger charge is 2.32. The zero-order valence-electron chi connectivity index (χ0n) is 14.1. The number of carbonyl (C=O) groups is 2. The third kappa shape index (κ3) is 5.08. The molecular weight excluding hydrogens is 384 g/mol. The number of para-hydroxylation sites is 1. The second-order valence-electron chi connectivity index (χ2n) is 5.56. The molecule has 0 saturated carbocycles. The number of thioether (sulfide) groups is 1. The molecule has 1 fully saturated rings. The number of ether oxygens (including phenoxy) is 1. The first kappa shape index (κ1) is 18.9. The Morgan fingerprint density at radius 1 is 1.22 bits per heavy atom. The van der Waals surface area contributed by atoms with Crippen LogP contribution in [0, 0.1) is 0 Å². The molecule has 3 rings (SSSR count). The first-order chi connectivity index (χ1) is 13.0. The minimum atomic E-state index is -0.916. The molecule has 1 aliphatic heterocycles. The van der Waals surface area contributed by atoms with Crippen LogP contribution in [-0.2, 0) is 9.59 Å². The first-order valence-electron chi connectivity index (χ1n) is 8.07. The molecule has 6 nitrogen and oxygen atoms in total. The van der Waals surface area contributed by atoms with Crippen LogP contribution < -0.4 is 10.2 Å². The molecule has 138 valence electrons. The molecule has 0 atom stereocenters. The molecule has 2 aromatic carbocycles. The van der Waals surface area contributed by atoms with Gasteiger partial charge in [-0.25, -0.2) is 5.01 Å². The van der Waals surface area contributed by atoms with E-state index in [1.54, 1.807) is 24.3 Å². The number of hydrogen-bond donors (Lipinski definition) is 2. The molecular formula is C19H16N2O4S2. The fourth-order valence-electron chi connectivity index (χ4n) is 2.31. The lowest BCUT2D eigenvalue weighted by molar-refractivity contribution is -0.137. The summed E-state index contributed by atoms with van der Waals surface area (Å²) in [6.07, 6.45) is 1.66. The normalized spacial score (nSPS) is 15.3. The van der Waals surface area contributed by atoms with Gasteiger partial charge in [-0.2, -0.15) is 0 Å². The van der Waals surface area contributed by atoms with Crippen molar-refractivity contribution in [1.29, 1.82) is 0 Å². The molecule has 1 aliphatic rings. The van der Waals surface area contributed by atoms with Gasteiger partial charge in [-0.05, 0) is 48.1 Å². The van der Waals surface area contributed by atoms with Crippen molar-refractivity contribution in [1.82, 2.24) is 5.01 Å². The van der Waals surface area contributed by atoms with Gasteiger partial charge in [0.15, 0.2) is 4.32 Å². The van der Waals surface area contributed by atoms with Gasteiger partial charge in [-0.1, -0.05) is 42.1 Å². The van der Waals surface area contributed by atoms with Gasteiger partial charge >= 0.3 is 5.97 Å². The summed E-state index contributed by atoms with van der Waals surface area (Å²) in [7, 11) is 0. The summed E-state index contributed by atoms with van der Waals surface area (Å²) < 4.78 is 5.84. The van der Waals surface area contributed by atoms with Gasteiger partial charge in [0, 0.05) is 0 Å². The van der Waals surface area contributed by atoms with Crippen molar-refractivity contribution in [3.05, 3.63) is 65.1 Å². The number of amides is 1. The fraction of sp³-hybridized carbons (Fsp3) is 0.105. The number of carboxylic acids is 1. The third-order valence-electron chi connectivity index (χ3n) is 3.55. The van der Waals surface area contributed by atoms with Crippen molar-refractivity contribution in [2.75, 3.05) is 12.0 Å². The maximum atomic E-state index is 12.6. The van der Waals surface area contributed by atoms with Gasteiger partial charge in [0.25, 0.3) is 5.91 Å². The van der Waals surface area contributed by atoms with Crippen LogP contribution >= 0.6 is 24.0 Å². The Bertz CT molecular complexity index is 900. The Balaban J connectivity index is 1.71. The number of nitrogens with one attached hydrogen (secondary N) is 1. The predicted molar refractivity (Wildman–Crippen MR) is 109 cm³/mol. The lowest BCUT2D eigenvalue weighted by Gasteiger charge is -2.16. The van der Waals surface area contributed by atoms with Crippen LogP contribution in [0.3, 0.4) is 0 Å². The van der Waals surface area contributed by atoms with Gasteiger partial charge in [-0.3, -0.25) is 15.0 Å². The van der Waals surface area contributed by atoms with E-state index in [4.69, 9.17) is 22.1 Å². The monoisotopic (exact) mass is 400 g/mol. The zero-order valence-corrected chi connectivity index (χ0v) is 15.8. The summed E-state index contributed by atoms with van der Waals surface area (Å²) in [4.78, 5) is 23.7. The standard InChI is InChI=1S/C19H16N2O4S2/c22-17(23)9-10-25-15-8-4-5-13(11-15)12-16-18(24)21(19(26)27-16)20-14-6-2-1-3-7-14/h1-8,11-12,20H,9-10H2,(H,22,23)/b16-12+. The fourth-order valence-corrected chi connectivity index (χ4v) is 3.49. The van der Waals surface area contributed by atoms with Crippen LogP contribution in [0.15, 0.2) is 59.5 Å². The highest BCUT2D eigenvalue weighted by molar-refractivity contribution is 8.26. The summed E-state index contributed by atoms with van der Waals surface area (Å²) in [5, 5.41) is 10.0. The zero-order chi connectivity index (χ0) is 19.2. The topological polar surface area (TPSA) is 78.9 Å². The molecule has 8 heteroatoms. The van der Waals surface area contributed by atoms with Crippen LogP contribution in [0.4, 0.5) is 5.69 Å². The van der Waals surface area contributed by atoms with Crippen molar-refractivity contribution in [3.63, 3.8) is 0 Å². The molecule has 1 saturated heterocycles. The van der Waals surface area contributed by atoms with Crippen molar-refractivity contribution >= 4 is 51.9 Å². The number of thiocarbonyl (C=S) groups is 1. The number of carboxylic acid groups (broad SMARTS) is 1. The van der Waals surface area contributed by atoms with E-state index < -0.39 is 5.97 Å². The average Bonchev–Trinajstić information content (AvgIpc) is 2.90. The Morgan fingerprint density at radius 3 is 2.74 bits per heavy atom. The molecule has 0 radical (unpaired) electrons. The number of nitrogens with zero attached hydrogens (tertiary/aromatic N) is 1. The van der Waals surface area contributed by atoms with Crippen molar-refractivity contribution < 1.29 is 19.4 Å². The first-order valence-corrected chi connectivity index (χ1v) is 9.30. The minimum absolute atomic E-state index is 0.0754. The van der Waals surface area contributed by atoms with Gasteiger partial charge in [0.05, 0.1) is 23.6 Å². The number of anilines is 1. The number of carbonyl (C=O) groups excluding carboxylic acids is 1. The van der Waals surface area contributed by atoms with Gasteiger partial charge in [-0.15, -0.1) is 0 Å². The second kappa shape index (κ2) is 8.70. The number of aliphatic carboxylic acids is 1. The number of benzene rings is 2. The Labute approximate surface area is 165 Å². The molecule has 2 N–H and O–H groups in total. The maximum absolute atomic E-state index is 12.6. The van der Waals surface area contributed by atoms with Crippen LogP contribution in [-0.4, -0.2) is 32.9 Å². The molecule has 1 amide bonds. The summed E-state index contributed by atoms with van der Waals surface area (Å²) >= 11 is 6.51. The van der Waals surface area contributed by atoms with Gasteiger partial charge < -0.3 is 9.84 Å².